The number of fused-ring (bicyclic) bond motifs is 2. The van der Waals surface area contributed by atoms with Crippen molar-refractivity contribution in [3.05, 3.63) is 91.9 Å². The third-order valence-corrected chi connectivity index (χ3v) is 12.3. The van der Waals surface area contributed by atoms with Crippen molar-refractivity contribution in [2.24, 2.45) is 5.92 Å². The third kappa shape index (κ3) is 8.62. The van der Waals surface area contributed by atoms with Crippen LogP contribution >= 0.6 is 34.8 Å². The number of amides is 2. The van der Waals surface area contributed by atoms with Crippen molar-refractivity contribution in [1.29, 1.82) is 0 Å². The van der Waals surface area contributed by atoms with Crippen LogP contribution in [0, 0.1) is 12.8 Å². The zero-order chi connectivity index (χ0) is 38.3. The summed E-state index contributed by atoms with van der Waals surface area (Å²) in [5.74, 6) is 0.173. The van der Waals surface area contributed by atoms with Crippen LogP contribution < -0.4 is 9.64 Å². The second-order valence-electron chi connectivity index (χ2n) is 16.5. The SMILES string of the molecule is COCCc1ccc(Cl)c(CN(C(=O)[C@@H]2[C@@H](c3ccc(N4CC[C@@H](Oc5c(Cl)cc(C)cc5Cl)C4)cc3)C[C@@H]3CC[C@H]2N3C(=O)OC(C)(C)C)C2CC2)c1. The average Bonchev–Trinajstić information content (AvgIpc) is 3.77. The Hall–Kier alpha value is -3.17. The van der Waals surface area contributed by atoms with Crippen molar-refractivity contribution in [3.63, 3.8) is 0 Å². The minimum atomic E-state index is -0.633. The van der Waals surface area contributed by atoms with Gasteiger partial charge in [0.15, 0.2) is 5.75 Å². The Morgan fingerprint density at radius 3 is 2.30 bits per heavy atom. The Labute approximate surface area is 334 Å². The molecule has 0 aromatic heterocycles. The van der Waals surface area contributed by atoms with Crippen molar-refractivity contribution in [3.8, 4) is 5.75 Å². The molecule has 0 radical (unpaired) electrons. The molecule has 0 spiro atoms. The number of hydrogen-bond acceptors (Lipinski definition) is 6. The van der Waals surface area contributed by atoms with Crippen LogP contribution in [0.2, 0.25) is 15.1 Å². The molecule has 11 heteroatoms. The van der Waals surface area contributed by atoms with Crippen LogP contribution in [0.25, 0.3) is 0 Å². The fraction of sp³-hybridized carbons (Fsp3) is 0.535. The van der Waals surface area contributed by atoms with E-state index in [1.807, 2.05) is 56.9 Å². The van der Waals surface area contributed by atoms with Gasteiger partial charge in [0.2, 0.25) is 5.91 Å². The molecule has 1 aliphatic carbocycles. The molecule has 1 saturated carbocycles. The maximum atomic E-state index is 15.1. The molecule has 0 unspecified atom stereocenters. The monoisotopic (exact) mass is 795 g/mol. The molecule has 4 aliphatic rings. The highest BCUT2D eigenvalue weighted by Gasteiger charge is 2.55. The first-order valence-corrected chi connectivity index (χ1v) is 20.5. The summed E-state index contributed by atoms with van der Waals surface area (Å²) in [6.07, 6.45) is 5.50. The molecule has 2 bridgehead atoms. The summed E-state index contributed by atoms with van der Waals surface area (Å²) >= 11 is 19.8. The molecule has 3 aromatic carbocycles. The minimum absolute atomic E-state index is 0.0109. The molecular formula is C43H52Cl3N3O5. The van der Waals surface area contributed by atoms with E-state index in [9.17, 15) is 4.79 Å². The number of carbonyl (C=O) groups is 2. The maximum absolute atomic E-state index is 15.1. The van der Waals surface area contributed by atoms with Gasteiger partial charge in [0.05, 0.1) is 29.1 Å². The van der Waals surface area contributed by atoms with Gasteiger partial charge in [0, 0.05) is 55.5 Å². The second-order valence-corrected chi connectivity index (χ2v) is 17.8. The first-order valence-electron chi connectivity index (χ1n) is 19.3. The van der Waals surface area contributed by atoms with E-state index in [-0.39, 0.29) is 42.1 Å². The summed E-state index contributed by atoms with van der Waals surface area (Å²) in [5, 5.41) is 1.70. The topological polar surface area (TPSA) is 71.6 Å². The van der Waals surface area contributed by atoms with Crippen molar-refractivity contribution < 1.29 is 23.8 Å². The van der Waals surface area contributed by atoms with Crippen LogP contribution in [0.1, 0.15) is 87.5 Å². The summed E-state index contributed by atoms with van der Waals surface area (Å²) < 4.78 is 17.6. The van der Waals surface area contributed by atoms with Crippen molar-refractivity contribution in [1.82, 2.24) is 9.80 Å². The Kier molecular flexibility index (Phi) is 11.7. The number of piperidine rings is 1. The van der Waals surface area contributed by atoms with Crippen molar-refractivity contribution in [2.75, 3.05) is 31.7 Å². The first-order chi connectivity index (χ1) is 25.8. The Morgan fingerprint density at radius 1 is 0.907 bits per heavy atom. The maximum Gasteiger partial charge on any atom is 0.410 e. The summed E-state index contributed by atoms with van der Waals surface area (Å²) in [7, 11) is 1.70. The molecule has 3 heterocycles. The van der Waals surface area contributed by atoms with Crippen LogP contribution in [0.15, 0.2) is 54.6 Å². The lowest BCUT2D eigenvalue weighted by Crippen LogP contribution is -2.56. The van der Waals surface area contributed by atoms with Gasteiger partial charge < -0.3 is 28.9 Å². The van der Waals surface area contributed by atoms with Gasteiger partial charge in [0.1, 0.15) is 11.7 Å². The number of ether oxygens (including phenoxy) is 3. The summed E-state index contributed by atoms with van der Waals surface area (Å²) in [4.78, 5) is 35.2. The lowest BCUT2D eigenvalue weighted by Gasteiger charge is -2.45. The number of hydrogen-bond donors (Lipinski definition) is 0. The fourth-order valence-electron chi connectivity index (χ4n) is 8.71. The molecule has 7 rings (SSSR count). The molecule has 54 heavy (non-hydrogen) atoms. The largest absolute Gasteiger partial charge is 0.485 e. The van der Waals surface area contributed by atoms with E-state index in [0.29, 0.717) is 46.9 Å². The fourth-order valence-corrected chi connectivity index (χ4v) is 9.58. The molecule has 8 nitrogen and oxygen atoms in total. The molecule has 0 N–H and O–H groups in total. The van der Waals surface area contributed by atoms with E-state index in [1.54, 1.807) is 7.11 Å². The lowest BCUT2D eigenvalue weighted by atomic mass is 9.75. The standard InChI is InChI=1S/C43H52Cl3N3O5/c1-26-20-36(45)40(37(46)21-26)53-33-16-18-47(25-33)30-9-7-28(8-10-30)34-23-32-13-15-38(49(32)42(51)54-43(2,3)4)39(34)41(50)48(31-11-12-31)24-29-22-27(17-19-52-5)6-14-35(29)44/h6-10,14,20-22,31-34,38-39H,11-13,15-19,23-25H2,1-5H3/t32-,33+,34+,38+,39+/m0/s1. The van der Waals surface area contributed by atoms with Gasteiger partial charge >= 0.3 is 6.09 Å². The van der Waals surface area contributed by atoms with Crippen LogP contribution in [-0.2, 0) is 27.2 Å². The molecule has 3 aliphatic heterocycles. The van der Waals surface area contributed by atoms with Gasteiger partial charge in [0.25, 0.3) is 0 Å². The molecule has 3 saturated heterocycles. The average molecular weight is 797 g/mol. The van der Waals surface area contributed by atoms with Gasteiger partial charge in [-0.1, -0.05) is 59.1 Å². The lowest BCUT2D eigenvalue weighted by molar-refractivity contribution is -0.141. The number of halogens is 3. The number of nitrogens with zero attached hydrogens (tertiary/aromatic N) is 3. The summed E-state index contributed by atoms with van der Waals surface area (Å²) in [5.41, 5.74) is 4.65. The summed E-state index contributed by atoms with van der Waals surface area (Å²) in [6.45, 7) is 10.2. The van der Waals surface area contributed by atoms with Crippen molar-refractivity contribution in [2.45, 2.75) is 115 Å². The second kappa shape index (κ2) is 16.1. The highest BCUT2D eigenvalue weighted by atomic mass is 35.5. The van der Waals surface area contributed by atoms with E-state index >= 15 is 4.79 Å². The Bertz CT molecular complexity index is 1820. The normalized spacial score (nSPS) is 23.8. The molecule has 290 valence electrons. The van der Waals surface area contributed by atoms with Gasteiger partial charge in [-0.2, -0.15) is 0 Å². The Morgan fingerprint density at radius 2 is 1.63 bits per heavy atom. The van der Waals surface area contributed by atoms with E-state index in [1.165, 1.54) is 0 Å². The van der Waals surface area contributed by atoms with Crippen LogP contribution in [-0.4, -0.2) is 78.4 Å². The van der Waals surface area contributed by atoms with E-state index in [2.05, 4.69) is 40.1 Å². The zero-order valence-corrected chi connectivity index (χ0v) is 34.2. The molecule has 2 amide bonds. The quantitative estimate of drug-likeness (QED) is 0.193. The van der Waals surface area contributed by atoms with E-state index in [0.717, 1.165) is 73.0 Å². The van der Waals surface area contributed by atoms with Gasteiger partial charge in [-0.3, -0.25) is 4.79 Å². The van der Waals surface area contributed by atoms with E-state index in [4.69, 9.17) is 49.0 Å². The van der Waals surface area contributed by atoms with Crippen LogP contribution in [0.3, 0.4) is 0 Å². The predicted octanol–water partition coefficient (Wildman–Crippen LogP) is 9.86. The highest BCUT2D eigenvalue weighted by Crippen LogP contribution is 2.49. The van der Waals surface area contributed by atoms with Gasteiger partial charge in [-0.05, 0) is 125 Å². The molecule has 5 atom stereocenters. The van der Waals surface area contributed by atoms with Crippen molar-refractivity contribution >= 4 is 52.5 Å². The summed E-state index contributed by atoms with van der Waals surface area (Å²) in [6, 6.07) is 18.4. The number of carbonyl (C=O) groups excluding carboxylic acids is 2. The third-order valence-electron chi connectivity index (χ3n) is 11.4. The number of benzene rings is 3. The van der Waals surface area contributed by atoms with Crippen LogP contribution in [0.5, 0.6) is 5.75 Å². The van der Waals surface area contributed by atoms with Crippen LogP contribution in [0.4, 0.5) is 10.5 Å². The van der Waals surface area contributed by atoms with E-state index < -0.39 is 11.5 Å². The predicted molar refractivity (Wildman–Crippen MR) is 215 cm³/mol. The minimum Gasteiger partial charge on any atom is -0.485 e. The number of aryl methyl sites for hydroxylation is 1. The van der Waals surface area contributed by atoms with Gasteiger partial charge in [-0.25, -0.2) is 4.79 Å². The highest BCUT2D eigenvalue weighted by molar-refractivity contribution is 6.37. The van der Waals surface area contributed by atoms with Gasteiger partial charge in [-0.15, -0.1) is 0 Å². The Balaban J connectivity index is 1.14. The molecule has 4 fully saturated rings. The molecule has 3 aromatic rings. The smallest absolute Gasteiger partial charge is 0.410 e. The number of anilines is 1. The zero-order valence-electron chi connectivity index (χ0n) is 32.0. The number of methoxy groups -OCH3 is 1. The first kappa shape index (κ1) is 39.1. The molecular weight excluding hydrogens is 745 g/mol. The number of rotatable bonds is 11.